The van der Waals surface area contributed by atoms with Gasteiger partial charge < -0.3 is 9.88 Å². The summed E-state index contributed by atoms with van der Waals surface area (Å²) in [5.74, 6) is 1.25. The molecule has 0 unspecified atom stereocenters. The van der Waals surface area contributed by atoms with Gasteiger partial charge in [0.2, 0.25) is 5.91 Å². The lowest BCUT2D eigenvalue weighted by Crippen LogP contribution is -2.32. The molecule has 4 aromatic rings. The first-order valence-corrected chi connectivity index (χ1v) is 11.0. The van der Waals surface area contributed by atoms with Crippen LogP contribution in [0.2, 0.25) is 0 Å². The van der Waals surface area contributed by atoms with Crippen molar-refractivity contribution in [2.45, 2.75) is 45.2 Å². The molecule has 0 spiro atoms. The number of nitrogens with zero attached hydrogens (tertiary/aromatic N) is 2. The number of nitrogens with one attached hydrogen (secondary N) is 1. The number of carbonyl (C=O) groups excluding carboxylic acids is 1. The predicted molar refractivity (Wildman–Crippen MR) is 121 cm³/mol. The highest BCUT2D eigenvalue weighted by atomic mass is 16.1. The number of hydrogen-bond donors (Lipinski definition) is 1. The number of hydrogen-bond acceptors (Lipinski definition) is 2. The van der Waals surface area contributed by atoms with Crippen molar-refractivity contribution in [2.75, 3.05) is 0 Å². The molecule has 1 N–H and O–H groups in total. The molecule has 5 rings (SSSR count). The molecule has 1 fully saturated rings. The summed E-state index contributed by atoms with van der Waals surface area (Å²) in [5.41, 5.74) is 3.34. The molecule has 0 atom stereocenters. The van der Waals surface area contributed by atoms with E-state index in [4.69, 9.17) is 4.98 Å². The van der Waals surface area contributed by atoms with Gasteiger partial charge in [0.1, 0.15) is 5.82 Å². The summed E-state index contributed by atoms with van der Waals surface area (Å²) in [7, 11) is 0. The van der Waals surface area contributed by atoms with Gasteiger partial charge in [0.25, 0.3) is 0 Å². The van der Waals surface area contributed by atoms with Crippen molar-refractivity contribution in [3.63, 3.8) is 0 Å². The van der Waals surface area contributed by atoms with Crippen LogP contribution in [0.3, 0.4) is 0 Å². The average molecular weight is 398 g/mol. The Balaban J connectivity index is 1.45. The van der Waals surface area contributed by atoms with E-state index >= 15 is 0 Å². The summed E-state index contributed by atoms with van der Waals surface area (Å²) in [4.78, 5) is 17.5. The zero-order chi connectivity index (χ0) is 20.3. The molecule has 1 aliphatic carbocycles. The molecule has 152 valence electrons. The molecule has 1 aliphatic rings. The average Bonchev–Trinajstić information content (AvgIpc) is 3.15. The quantitative estimate of drug-likeness (QED) is 0.488. The summed E-state index contributed by atoms with van der Waals surface area (Å²) in [5, 5.41) is 5.67. The van der Waals surface area contributed by atoms with Crippen LogP contribution in [-0.2, 0) is 17.9 Å². The second-order valence-corrected chi connectivity index (χ2v) is 8.29. The van der Waals surface area contributed by atoms with Crippen LogP contribution >= 0.6 is 0 Å². The SMILES string of the molecule is O=C(NCc1nc2ccccc2n1Cc1cccc2ccccc12)C1CCCCC1. The molecule has 0 aliphatic heterocycles. The van der Waals surface area contributed by atoms with Gasteiger partial charge in [-0.05, 0) is 41.3 Å². The lowest BCUT2D eigenvalue weighted by atomic mass is 9.89. The molecule has 1 aromatic heterocycles. The van der Waals surface area contributed by atoms with E-state index in [1.807, 2.05) is 18.2 Å². The van der Waals surface area contributed by atoms with Gasteiger partial charge in [-0.1, -0.05) is 73.9 Å². The van der Waals surface area contributed by atoms with E-state index in [0.717, 1.165) is 49.1 Å². The number of rotatable bonds is 5. The van der Waals surface area contributed by atoms with E-state index in [1.165, 1.54) is 22.8 Å². The van der Waals surface area contributed by atoms with Crippen LogP contribution in [0, 0.1) is 5.92 Å². The number of fused-ring (bicyclic) bond motifs is 2. The molecule has 4 nitrogen and oxygen atoms in total. The fourth-order valence-corrected chi connectivity index (χ4v) is 4.71. The Morgan fingerprint density at radius 3 is 2.60 bits per heavy atom. The van der Waals surface area contributed by atoms with Crippen molar-refractivity contribution in [2.24, 2.45) is 5.92 Å². The Labute approximate surface area is 176 Å². The summed E-state index contributed by atoms with van der Waals surface area (Å²) in [6.07, 6.45) is 5.61. The monoisotopic (exact) mass is 397 g/mol. The van der Waals surface area contributed by atoms with Crippen molar-refractivity contribution in [1.29, 1.82) is 0 Å². The van der Waals surface area contributed by atoms with Crippen LogP contribution in [0.25, 0.3) is 21.8 Å². The first-order chi connectivity index (χ1) is 14.8. The Morgan fingerprint density at radius 1 is 0.933 bits per heavy atom. The standard InChI is InChI=1S/C26H27N3O/c30-26(20-10-2-1-3-11-20)27-17-25-28-23-15-6-7-16-24(23)29(25)18-21-13-8-12-19-9-4-5-14-22(19)21/h4-9,12-16,20H,1-3,10-11,17-18H2,(H,27,30). The van der Waals surface area contributed by atoms with Gasteiger partial charge in [-0.25, -0.2) is 4.98 Å². The highest BCUT2D eigenvalue weighted by Crippen LogP contribution is 2.25. The largest absolute Gasteiger partial charge is 0.349 e. The van der Waals surface area contributed by atoms with E-state index in [0.29, 0.717) is 6.54 Å². The molecular weight excluding hydrogens is 370 g/mol. The molecule has 0 saturated heterocycles. The van der Waals surface area contributed by atoms with Crippen LogP contribution in [0.15, 0.2) is 66.7 Å². The van der Waals surface area contributed by atoms with Crippen LogP contribution in [-0.4, -0.2) is 15.5 Å². The summed E-state index contributed by atoms with van der Waals surface area (Å²) in [6, 6.07) is 23.1. The maximum atomic E-state index is 12.7. The zero-order valence-electron chi connectivity index (χ0n) is 17.2. The number of carbonyl (C=O) groups is 1. The smallest absolute Gasteiger partial charge is 0.223 e. The molecule has 0 bridgehead atoms. The fraction of sp³-hybridized carbons (Fsp3) is 0.308. The summed E-state index contributed by atoms with van der Waals surface area (Å²) >= 11 is 0. The van der Waals surface area contributed by atoms with Gasteiger partial charge in [0.05, 0.1) is 24.1 Å². The highest BCUT2D eigenvalue weighted by molar-refractivity contribution is 5.86. The second kappa shape index (κ2) is 8.31. The minimum atomic E-state index is 0.162. The summed E-state index contributed by atoms with van der Waals surface area (Å²) < 4.78 is 2.25. The number of imidazole rings is 1. The predicted octanol–water partition coefficient (Wildman–Crippen LogP) is 5.43. The second-order valence-electron chi connectivity index (χ2n) is 8.29. The molecule has 1 saturated carbocycles. The summed E-state index contributed by atoms with van der Waals surface area (Å²) in [6.45, 7) is 1.20. The Bertz CT molecular complexity index is 1180. The minimum absolute atomic E-state index is 0.162. The lowest BCUT2D eigenvalue weighted by Gasteiger charge is -2.20. The molecule has 0 radical (unpaired) electrons. The molecular formula is C26H27N3O. The van der Waals surface area contributed by atoms with Crippen LogP contribution in [0.4, 0.5) is 0 Å². The molecule has 1 heterocycles. The first kappa shape index (κ1) is 18.9. The van der Waals surface area contributed by atoms with Crippen LogP contribution in [0.5, 0.6) is 0 Å². The maximum absolute atomic E-state index is 12.7. The first-order valence-electron chi connectivity index (χ1n) is 11.0. The van der Waals surface area contributed by atoms with Crippen molar-refractivity contribution in [3.05, 3.63) is 78.1 Å². The van der Waals surface area contributed by atoms with Crippen molar-refractivity contribution < 1.29 is 4.79 Å². The number of aromatic nitrogens is 2. The lowest BCUT2D eigenvalue weighted by molar-refractivity contribution is -0.126. The topological polar surface area (TPSA) is 46.9 Å². The Morgan fingerprint density at radius 2 is 1.70 bits per heavy atom. The van der Waals surface area contributed by atoms with Crippen LogP contribution in [0.1, 0.15) is 43.5 Å². The van der Waals surface area contributed by atoms with E-state index in [2.05, 4.69) is 58.4 Å². The van der Waals surface area contributed by atoms with Gasteiger partial charge in [-0.3, -0.25) is 4.79 Å². The van der Waals surface area contributed by atoms with Gasteiger partial charge in [0, 0.05) is 5.92 Å². The zero-order valence-corrected chi connectivity index (χ0v) is 17.2. The third-order valence-corrected chi connectivity index (χ3v) is 6.34. The van der Waals surface area contributed by atoms with Gasteiger partial charge in [0.15, 0.2) is 0 Å². The molecule has 4 heteroatoms. The van der Waals surface area contributed by atoms with E-state index in [1.54, 1.807) is 0 Å². The van der Waals surface area contributed by atoms with Crippen molar-refractivity contribution in [3.8, 4) is 0 Å². The van der Waals surface area contributed by atoms with Crippen LogP contribution < -0.4 is 5.32 Å². The molecule has 1 amide bonds. The van der Waals surface area contributed by atoms with E-state index in [9.17, 15) is 4.79 Å². The van der Waals surface area contributed by atoms with E-state index < -0.39 is 0 Å². The molecule has 30 heavy (non-hydrogen) atoms. The minimum Gasteiger partial charge on any atom is -0.349 e. The molecule has 3 aromatic carbocycles. The highest BCUT2D eigenvalue weighted by Gasteiger charge is 2.21. The number of para-hydroxylation sites is 2. The van der Waals surface area contributed by atoms with Gasteiger partial charge in [-0.2, -0.15) is 0 Å². The fourth-order valence-electron chi connectivity index (χ4n) is 4.71. The third kappa shape index (κ3) is 3.70. The van der Waals surface area contributed by atoms with E-state index in [-0.39, 0.29) is 11.8 Å². The Hall–Kier alpha value is -3.14. The van der Waals surface area contributed by atoms with Crippen molar-refractivity contribution in [1.82, 2.24) is 14.9 Å². The van der Waals surface area contributed by atoms with Crippen molar-refractivity contribution >= 4 is 27.7 Å². The number of amides is 1. The van der Waals surface area contributed by atoms with Gasteiger partial charge in [-0.15, -0.1) is 0 Å². The Kier molecular flexibility index (Phi) is 5.22. The maximum Gasteiger partial charge on any atom is 0.223 e. The third-order valence-electron chi connectivity index (χ3n) is 6.34. The normalized spacial score (nSPS) is 14.9. The number of benzene rings is 3. The van der Waals surface area contributed by atoms with Gasteiger partial charge >= 0.3 is 0 Å².